The quantitative estimate of drug-likeness (QED) is 0.483. The Morgan fingerprint density at radius 1 is 0.917 bits per heavy atom. The van der Waals surface area contributed by atoms with Crippen LogP contribution in [-0.4, -0.2) is 0 Å². The number of allylic oxidation sites excluding steroid dienone is 2. The average molecular weight is 376 g/mol. The summed E-state index contributed by atoms with van der Waals surface area (Å²) in [5, 5.41) is 6.53. The highest BCUT2D eigenvalue weighted by Crippen LogP contribution is 2.51. The van der Waals surface area contributed by atoms with Crippen LogP contribution < -0.4 is 5.32 Å². The maximum atomic E-state index is 3.89. The van der Waals surface area contributed by atoms with Crippen molar-refractivity contribution in [2.75, 3.05) is 5.32 Å². The molecule has 1 nitrogen and oxygen atoms in total. The lowest BCUT2D eigenvalue weighted by Gasteiger charge is -2.38. The van der Waals surface area contributed by atoms with Crippen molar-refractivity contribution in [3.05, 3.63) is 88.4 Å². The van der Waals surface area contributed by atoms with Crippen molar-refractivity contribution in [1.29, 1.82) is 0 Å². The number of benzene rings is 3. The third kappa shape index (κ3) is 2.13. The van der Waals surface area contributed by atoms with Crippen molar-refractivity contribution in [2.24, 2.45) is 5.92 Å². The molecule has 2 heteroatoms. The van der Waals surface area contributed by atoms with Crippen LogP contribution in [0.1, 0.15) is 29.5 Å². The lowest BCUT2D eigenvalue weighted by molar-refractivity contribution is 0.426. The summed E-state index contributed by atoms with van der Waals surface area (Å²) in [6.45, 7) is 0. The summed E-state index contributed by atoms with van der Waals surface area (Å²) in [7, 11) is 0. The first-order chi connectivity index (χ1) is 11.8. The summed E-state index contributed by atoms with van der Waals surface area (Å²) in [5.74, 6) is 1.11. The molecule has 0 amide bonds. The lowest BCUT2D eigenvalue weighted by atomic mass is 9.76. The summed E-state index contributed by atoms with van der Waals surface area (Å²) in [5.41, 5.74) is 4.13. The van der Waals surface area contributed by atoms with Crippen molar-refractivity contribution in [3.63, 3.8) is 0 Å². The van der Waals surface area contributed by atoms with E-state index in [0.29, 0.717) is 17.9 Å². The first-order valence-electron chi connectivity index (χ1n) is 8.51. The highest BCUT2D eigenvalue weighted by molar-refractivity contribution is 9.10. The Hall–Kier alpha value is -2.06. The molecule has 0 bridgehead atoms. The van der Waals surface area contributed by atoms with E-state index in [9.17, 15) is 0 Å². The summed E-state index contributed by atoms with van der Waals surface area (Å²) in [6.07, 6.45) is 5.91. The summed E-state index contributed by atoms with van der Waals surface area (Å²) >= 11 is 3.55. The average Bonchev–Trinajstić information content (AvgIpc) is 3.11. The van der Waals surface area contributed by atoms with Gasteiger partial charge in [-0.2, -0.15) is 0 Å². The van der Waals surface area contributed by atoms with Crippen LogP contribution in [0, 0.1) is 5.92 Å². The molecule has 118 valence electrons. The Bertz CT molecular complexity index is 942. The van der Waals surface area contributed by atoms with Crippen LogP contribution in [0.25, 0.3) is 10.8 Å². The summed E-state index contributed by atoms with van der Waals surface area (Å²) in [6, 6.07) is 22.4. The van der Waals surface area contributed by atoms with Crippen LogP contribution >= 0.6 is 15.9 Å². The predicted octanol–water partition coefficient (Wildman–Crippen LogP) is 6.43. The molecule has 3 aromatic carbocycles. The molecule has 1 N–H and O–H groups in total. The number of fused-ring (bicyclic) bond motifs is 5. The number of hydrogen-bond donors (Lipinski definition) is 1. The number of nitrogens with one attached hydrogen (secondary N) is 1. The molecule has 5 rings (SSSR count). The van der Waals surface area contributed by atoms with Crippen molar-refractivity contribution in [2.45, 2.75) is 18.4 Å². The first-order valence-corrected chi connectivity index (χ1v) is 9.31. The maximum absolute atomic E-state index is 3.89. The maximum Gasteiger partial charge on any atom is 0.0554 e. The van der Waals surface area contributed by atoms with Gasteiger partial charge in [-0.1, -0.05) is 76.6 Å². The summed E-state index contributed by atoms with van der Waals surface area (Å²) < 4.78 is 1.13. The van der Waals surface area contributed by atoms with Crippen molar-refractivity contribution in [1.82, 2.24) is 0 Å². The van der Waals surface area contributed by atoms with Gasteiger partial charge in [0, 0.05) is 21.5 Å². The second kappa shape index (κ2) is 5.49. The van der Waals surface area contributed by atoms with Gasteiger partial charge < -0.3 is 5.32 Å². The first kappa shape index (κ1) is 14.3. The predicted molar refractivity (Wildman–Crippen MR) is 104 cm³/mol. The van der Waals surface area contributed by atoms with Crippen LogP contribution in [-0.2, 0) is 0 Å². The normalized spacial score (nSPS) is 24.5. The molecule has 0 spiro atoms. The van der Waals surface area contributed by atoms with Crippen LogP contribution in [0.5, 0.6) is 0 Å². The zero-order valence-electron chi connectivity index (χ0n) is 13.2. The van der Waals surface area contributed by atoms with Crippen LogP contribution in [0.2, 0.25) is 0 Å². The fourth-order valence-electron chi connectivity index (χ4n) is 4.34. The zero-order chi connectivity index (χ0) is 16.1. The van der Waals surface area contributed by atoms with E-state index in [0.717, 1.165) is 10.9 Å². The molecule has 3 atom stereocenters. The molecule has 1 aliphatic carbocycles. The van der Waals surface area contributed by atoms with Crippen LogP contribution in [0.3, 0.4) is 0 Å². The molecule has 3 aromatic rings. The third-order valence-electron chi connectivity index (χ3n) is 5.49. The minimum absolute atomic E-state index is 0.358. The molecule has 0 saturated carbocycles. The molecule has 24 heavy (non-hydrogen) atoms. The Kier molecular flexibility index (Phi) is 3.27. The molecule has 1 heterocycles. The Morgan fingerprint density at radius 2 is 1.75 bits per heavy atom. The van der Waals surface area contributed by atoms with E-state index in [1.807, 2.05) is 0 Å². The van der Waals surface area contributed by atoms with Crippen molar-refractivity contribution >= 4 is 32.4 Å². The SMILES string of the molecule is Brc1ccc([C@@H]2Nc3c(ccc4ccccc34)[C@@H]3C=CC[C@@H]32)cc1. The van der Waals surface area contributed by atoms with Crippen molar-refractivity contribution < 1.29 is 0 Å². The minimum Gasteiger partial charge on any atom is -0.377 e. The Labute approximate surface area is 150 Å². The topological polar surface area (TPSA) is 12.0 Å². The fraction of sp³-hybridized carbons (Fsp3) is 0.182. The molecule has 0 radical (unpaired) electrons. The van der Waals surface area contributed by atoms with E-state index >= 15 is 0 Å². The second-order valence-corrected chi connectivity index (χ2v) is 7.69. The van der Waals surface area contributed by atoms with Crippen LogP contribution in [0.15, 0.2) is 77.3 Å². The van der Waals surface area contributed by atoms with Gasteiger partial charge in [0.1, 0.15) is 0 Å². The van der Waals surface area contributed by atoms with Crippen LogP contribution in [0.4, 0.5) is 5.69 Å². The van der Waals surface area contributed by atoms with Gasteiger partial charge in [-0.25, -0.2) is 0 Å². The monoisotopic (exact) mass is 375 g/mol. The van der Waals surface area contributed by atoms with E-state index in [4.69, 9.17) is 0 Å². The Balaban J connectivity index is 1.69. The van der Waals surface area contributed by atoms with E-state index in [1.54, 1.807) is 0 Å². The van der Waals surface area contributed by atoms with E-state index < -0.39 is 0 Å². The molecule has 0 aromatic heterocycles. The van der Waals surface area contributed by atoms with Gasteiger partial charge in [0.2, 0.25) is 0 Å². The van der Waals surface area contributed by atoms with Gasteiger partial charge >= 0.3 is 0 Å². The number of rotatable bonds is 1. The third-order valence-corrected chi connectivity index (χ3v) is 6.02. The van der Waals surface area contributed by atoms with E-state index in [1.165, 1.54) is 27.6 Å². The van der Waals surface area contributed by atoms with E-state index in [2.05, 4.69) is 94.1 Å². The largest absolute Gasteiger partial charge is 0.377 e. The van der Waals surface area contributed by atoms with E-state index in [-0.39, 0.29) is 0 Å². The minimum atomic E-state index is 0.358. The molecule has 1 aliphatic heterocycles. The molecule has 0 fully saturated rings. The molecular weight excluding hydrogens is 358 g/mol. The zero-order valence-corrected chi connectivity index (χ0v) is 14.8. The molecule has 0 unspecified atom stereocenters. The summed E-state index contributed by atoms with van der Waals surface area (Å²) in [4.78, 5) is 0. The molecule has 2 aliphatic rings. The fourth-order valence-corrected chi connectivity index (χ4v) is 4.60. The highest BCUT2D eigenvalue weighted by Gasteiger charge is 2.38. The van der Waals surface area contributed by atoms with Gasteiger partial charge in [0.05, 0.1) is 6.04 Å². The molecular formula is C22H18BrN. The number of hydrogen-bond acceptors (Lipinski definition) is 1. The Morgan fingerprint density at radius 3 is 2.62 bits per heavy atom. The number of halogens is 1. The second-order valence-electron chi connectivity index (χ2n) is 6.78. The number of anilines is 1. The highest BCUT2D eigenvalue weighted by atomic mass is 79.9. The standard InChI is InChI=1S/C22H18BrN/c23-16-11-8-15(9-12-16)21-19-7-3-6-18(19)20-13-10-14-4-1-2-5-17(14)22(20)24-21/h1-6,8-13,18-19,21,24H,7H2/t18-,19+,21+/m1/s1. The van der Waals surface area contributed by atoms with Gasteiger partial charge in [-0.15, -0.1) is 0 Å². The van der Waals surface area contributed by atoms with Gasteiger partial charge in [-0.05, 0) is 41.0 Å². The van der Waals surface area contributed by atoms with Gasteiger partial charge in [0.25, 0.3) is 0 Å². The smallest absolute Gasteiger partial charge is 0.0554 e. The lowest BCUT2D eigenvalue weighted by Crippen LogP contribution is -2.29. The van der Waals surface area contributed by atoms with Crippen molar-refractivity contribution in [3.8, 4) is 0 Å². The van der Waals surface area contributed by atoms with Gasteiger partial charge in [-0.3, -0.25) is 0 Å². The van der Waals surface area contributed by atoms with Gasteiger partial charge in [0.15, 0.2) is 0 Å². The molecule has 0 saturated heterocycles.